The zero-order valence-corrected chi connectivity index (χ0v) is 9.00. The average molecular weight is 162 g/mol. The first-order valence-electron chi connectivity index (χ1n) is 2.91. The number of hydrogen-bond donors (Lipinski definition) is 0. The van der Waals surface area contributed by atoms with E-state index in [1.54, 1.807) is 32.5 Å². The van der Waals surface area contributed by atoms with E-state index in [2.05, 4.69) is 4.98 Å². The third kappa shape index (κ3) is 2.69. The molecule has 0 amide bonds. The Labute approximate surface area is 88.0 Å². The molecule has 0 bridgehead atoms. The Morgan fingerprint density at radius 1 is 1.27 bits per heavy atom. The molecule has 11 heavy (non-hydrogen) atoms. The van der Waals surface area contributed by atoms with E-state index in [1.165, 1.54) is 0 Å². The van der Waals surface area contributed by atoms with E-state index >= 15 is 0 Å². The molecule has 0 unspecified atom stereocenters. The Morgan fingerprint density at radius 3 is 2.45 bits per heavy atom. The maximum absolute atomic E-state index is 4.95. The van der Waals surface area contributed by atoms with Gasteiger partial charge in [0.1, 0.15) is 0 Å². The van der Waals surface area contributed by atoms with Crippen molar-refractivity contribution in [1.82, 2.24) is 4.98 Å². The van der Waals surface area contributed by atoms with Crippen LogP contribution in [-0.2, 0) is 0 Å². The summed E-state index contributed by atoms with van der Waals surface area (Å²) in [6.45, 7) is 0. The molecular weight excluding hydrogens is 153 g/mol. The van der Waals surface area contributed by atoms with Crippen LogP contribution in [0.4, 0.5) is 0 Å². The molecule has 0 aliphatic carbocycles. The van der Waals surface area contributed by atoms with E-state index in [9.17, 15) is 0 Å². The van der Waals surface area contributed by atoms with Crippen LogP contribution in [0.15, 0.2) is 18.3 Å². The number of hydrogen-bond acceptors (Lipinski definition) is 3. The van der Waals surface area contributed by atoms with Gasteiger partial charge in [0, 0.05) is 35.8 Å². The molecule has 0 spiro atoms. The zero-order valence-electron chi connectivity index (χ0n) is 7.00. The number of rotatable bonds is 2. The van der Waals surface area contributed by atoms with Crippen LogP contribution in [0.2, 0.25) is 0 Å². The van der Waals surface area contributed by atoms with Gasteiger partial charge in [0.25, 0.3) is 5.88 Å². The van der Waals surface area contributed by atoms with E-state index in [1.807, 2.05) is 0 Å². The van der Waals surface area contributed by atoms with Crippen LogP contribution < -0.4 is 9.47 Å². The maximum atomic E-state index is 4.95. The monoisotopic (exact) mass is 162 g/mol. The Morgan fingerprint density at radius 2 is 2.00 bits per heavy atom. The van der Waals surface area contributed by atoms with Crippen LogP contribution in [0.25, 0.3) is 0 Å². The van der Waals surface area contributed by atoms with Crippen molar-refractivity contribution in [3.8, 4) is 11.6 Å². The molecule has 4 heteroatoms. The SMILES string of the molecule is COc1cccnc1OC.[Na]. The Bertz CT molecular complexity index is 194. The molecule has 55 valence electrons. The van der Waals surface area contributed by atoms with Crippen molar-refractivity contribution in [2.45, 2.75) is 0 Å². The van der Waals surface area contributed by atoms with Crippen molar-refractivity contribution in [2.24, 2.45) is 0 Å². The molecule has 0 aromatic carbocycles. The first-order valence-corrected chi connectivity index (χ1v) is 2.91. The Kier molecular flexibility index (Phi) is 5.28. The van der Waals surface area contributed by atoms with E-state index < -0.39 is 0 Å². The van der Waals surface area contributed by atoms with Gasteiger partial charge < -0.3 is 9.47 Å². The first kappa shape index (κ1) is 10.8. The standard InChI is InChI=1S/C7H9NO2.Na/c1-9-6-4-3-5-8-7(6)10-2;/h3-5H,1-2H3;. The molecule has 1 heterocycles. The predicted octanol–water partition coefficient (Wildman–Crippen LogP) is 0.718. The molecule has 0 fully saturated rings. The Hall–Kier alpha value is -0.250. The fraction of sp³-hybridized carbons (Fsp3) is 0.286. The van der Waals surface area contributed by atoms with Crippen molar-refractivity contribution in [2.75, 3.05) is 14.2 Å². The molecule has 1 aromatic rings. The summed E-state index contributed by atoms with van der Waals surface area (Å²) in [6.07, 6.45) is 1.65. The molecule has 0 aliphatic heterocycles. The van der Waals surface area contributed by atoms with Crippen LogP contribution in [0, 0.1) is 0 Å². The molecule has 0 atom stereocenters. The molecule has 0 N–H and O–H groups in total. The van der Waals surface area contributed by atoms with Gasteiger partial charge in [0.05, 0.1) is 14.2 Å². The molecule has 1 aromatic heterocycles. The number of ether oxygens (including phenoxy) is 2. The second kappa shape index (κ2) is 5.41. The van der Waals surface area contributed by atoms with Gasteiger partial charge in [0.2, 0.25) is 0 Å². The molecular formula is C7H9NNaO2. The van der Waals surface area contributed by atoms with Crippen LogP contribution in [-0.4, -0.2) is 48.8 Å². The van der Waals surface area contributed by atoms with Gasteiger partial charge in [-0.2, -0.15) is 0 Å². The summed E-state index contributed by atoms with van der Waals surface area (Å²) in [5, 5.41) is 0. The van der Waals surface area contributed by atoms with Crippen molar-refractivity contribution in [3.05, 3.63) is 18.3 Å². The zero-order chi connectivity index (χ0) is 7.40. The van der Waals surface area contributed by atoms with E-state index in [0.717, 1.165) is 0 Å². The first-order chi connectivity index (χ1) is 4.88. The minimum absolute atomic E-state index is 0. The molecule has 0 saturated heterocycles. The van der Waals surface area contributed by atoms with Gasteiger partial charge >= 0.3 is 0 Å². The normalized spacial score (nSPS) is 8.18. The van der Waals surface area contributed by atoms with Crippen molar-refractivity contribution in [3.63, 3.8) is 0 Å². The largest absolute Gasteiger partial charge is 0.491 e. The summed E-state index contributed by atoms with van der Waals surface area (Å²) in [5.41, 5.74) is 0. The smallest absolute Gasteiger partial charge is 0.256 e. The summed E-state index contributed by atoms with van der Waals surface area (Å²) >= 11 is 0. The molecule has 0 aliphatic rings. The second-order valence-corrected chi connectivity index (χ2v) is 1.71. The third-order valence-electron chi connectivity index (χ3n) is 1.15. The van der Waals surface area contributed by atoms with Gasteiger partial charge in [-0.15, -0.1) is 0 Å². The van der Waals surface area contributed by atoms with Crippen molar-refractivity contribution in [1.29, 1.82) is 0 Å². The minimum atomic E-state index is 0. The number of methoxy groups -OCH3 is 2. The minimum Gasteiger partial charge on any atom is -0.491 e. The van der Waals surface area contributed by atoms with E-state index in [4.69, 9.17) is 9.47 Å². The van der Waals surface area contributed by atoms with E-state index in [-0.39, 0.29) is 29.6 Å². The summed E-state index contributed by atoms with van der Waals surface area (Å²) in [7, 11) is 3.14. The van der Waals surface area contributed by atoms with Crippen LogP contribution in [0.5, 0.6) is 11.6 Å². The fourth-order valence-corrected chi connectivity index (χ4v) is 0.685. The van der Waals surface area contributed by atoms with Crippen molar-refractivity contribution < 1.29 is 9.47 Å². The Balaban J connectivity index is 0.000001000. The van der Waals surface area contributed by atoms with E-state index in [0.29, 0.717) is 11.6 Å². The second-order valence-electron chi connectivity index (χ2n) is 1.71. The summed E-state index contributed by atoms with van der Waals surface area (Å²) < 4.78 is 9.85. The van der Waals surface area contributed by atoms with Gasteiger partial charge in [-0.1, -0.05) is 0 Å². The van der Waals surface area contributed by atoms with Gasteiger partial charge in [-0.05, 0) is 12.1 Å². The molecule has 0 saturated carbocycles. The third-order valence-corrected chi connectivity index (χ3v) is 1.15. The average Bonchev–Trinajstić information content (AvgIpc) is 2.04. The fourth-order valence-electron chi connectivity index (χ4n) is 0.685. The molecule has 1 rings (SSSR count). The topological polar surface area (TPSA) is 31.4 Å². The number of nitrogens with zero attached hydrogens (tertiary/aromatic N) is 1. The van der Waals surface area contributed by atoms with Crippen LogP contribution in [0.3, 0.4) is 0 Å². The molecule has 3 nitrogen and oxygen atoms in total. The van der Waals surface area contributed by atoms with Gasteiger partial charge in [-0.3, -0.25) is 0 Å². The number of aromatic nitrogens is 1. The van der Waals surface area contributed by atoms with Crippen LogP contribution in [0.1, 0.15) is 0 Å². The van der Waals surface area contributed by atoms with Crippen LogP contribution >= 0.6 is 0 Å². The summed E-state index contributed by atoms with van der Waals surface area (Å²) in [6, 6.07) is 3.59. The molecule has 1 radical (unpaired) electrons. The van der Waals surface area contributed by atoms with Gasteiger partial charge in [-0.25, -0.2) is 4.98 Å². The quantitative estimate of drug-likeness (QED) is 0.600. The summed E-state index contributed by atoms with van der Waals surface area (Å²) in [4.78, 5) is 3.92. The van der Waals surface area contributed by atoms with Gasteiger partial charge in [0.15, 0.2) is 5.75 Å². The predicted molar refractivity (Wildman–Crippen MR) is 43.1 cm³/mol. The maximum Gasteiger partial charge on any atom is 0.256 e. The summed E-state index contributed by atoms with van der Waals surface area (Å²) in [5.74, 6) is 1.18. The number of pyridine rings is 1. The van der Waals surface area contributed by atoms with Crippen molar-refractivity contribution >= 4 is 29.6 Å².